The van der Waals surface area contributed by atoms with Crippen LogP contribution in [0.1, 0.15) is 0 Å². The van der Waals surface area contributed by atoms with E-state index in [1.54, 1.807) is 7.11 Å². The second-order valence-corrected chi connectivity index (χ2v) is 8.97. The number of fused-ring (bicyclic) bond motifs is 1. The van der Waals surface area contributed by atoms with Gasteiger partial charge >= 0.3 is 0 Å². The van der Waals surface area contributed by atoms with Crippen molar-refractivity contribution in [1.29, 1.82) is 0 Å². The highest BCUT2D eigenvalue weighted by Crippen LogP contribution is 2.35. The SMILES string of the molecule is COCCN(c1ccccc1)c1ccc(-c2cc(-c3cccc(Br)c3)c3c(N)ncnc3n2)cc1. The minimum absolute atomic E-state index is 0.413. The summed E-state index contributed by atoms with van der Waals surface area (Å²) >= 11 is 3.57. The van der Waals surface area contributed by atoms with Gasteiger partial charge in [0.25, 0.3) is 0 Å². The highest BCUT2D eigenvalue weighted by Gasteiger charge is 2.15. The van der Waals surface area contributed by atoms with Crippen molar-refractivity contribution in [3.63, 3.8) is 0 Å². The van der Waals surface area contributed by atoms with Gasteiger partial charge < -0.3 is 15.4 Å². The molecule has 0 bridgehead atoms. The van der Waals surface area contributed by atoms with Crippen molar-refractivity contribution in [2.45, 2.75) is 0 Å². The molecule has 0 saturated heterocycles. The highest BCUT2D eigenvalue weighted by molar-refractivity contribution is 9.10. The van der Waals surface area contributed by atoms with Crippen LogP contribution >= 0.6 is 15.9 Å². The molecule has 2 N–H and O–H groups in total. The number of benzene rings is 3. The number of aromatic nitrogens is 3. The summed E-state index contributed by atoms with van der Waals surface area (Å²) in [6.45, 7) is 1.37. The number of rotatable bonds is 7. The fraction of sp³-hybridized carbons (Fsp3) is 0.107. The Bertz CT molecular complexity index is 1460. The van der Waals surface area contributed by atoms with E-state index in [1.807, 2.05) is 36.4 Å². The minimum atomic E-state index is 0.413. The van der Waals surface area contributed by atoms with Gasteiger partial charge in [-0.15, -0.1) is 0 Å². The second kappa shape index (κ2) is 10.2. The Morgan fingerprint density at radius 2 is 1.63 bits per heavy atom. The van der Waals surface area contributed by atoms with E-state index in [9.17, 15) is 0 Å². The van der Waals surface area contributed by atoms with Gasteiger partial charge in [0.15, 0.2) is 5.65 Å². The third-order valence-corrected chi connectivity index (χ3v) is 6.32. The van der Waals surface area contributed by atoms with Gasteiger partial charge in [-0.05, 0) is 53.6 Å². The van der Waals surface area contributed by atoms with Crippen molar-refractivity contribution >= 4 is 44.2 Å². The quantitative estimate of drug-likeness (QED) is 0.261. The predicted molar refractivity (Wildman–Crippen MR) is 146 cm³/mol. The summed E-state index contributed by atoms with van der Waals surface area (Å²) in [5, 5.41) is 0.751. The molecule has 0 aliphatic carbocycles. The molecular weight excluding hydrogens is 502 g/mol. The fourth-order valence-corrected chi connectivity index (χ4v) is 4.53. The monoisotopic (exact) mass is 525 g/mol. The molecule has 2 heterocycles. The molecule has 0 radical (unpaired) electrons. The maximum Gasteiger partial charge on any atom is 0.165 e. The maximum atomic E-state index is 6.25. The summed E-state index contributed by atoms with van der Waals surface area (Å²) in [6.07, 6.45) is 1.45. The Morgan fingerprint density at radius 1 is 0.857 bits per heavy atom. The molecule has 3 aromatic carbocycles. The van der Waals surface area contributed by atoms with Crippen molar-refractivity contribution in [3.05, 3.63) is 95.7 Å². The zero-order valence-electron chi connectivity index (χ0n) is 19.2. The van der Waals surface area contributed by atoms with Crippen LogP contribution in [0.5, 0.6) is 0 Å². The Kier molecular flexibility index (Phi) is 6.70. The van der Waals surface area contributed by atoms with Crippen LogP contribution in [0.4, 0.5) is 17.2 Å². The molecule has 0 fully saturated rings. The van der Waals surface area contributed by atoms with Gasteiger partial charge in [0, 0.05) is 35.1 Å². The van der Waals surface area contributed by atoms with E-state index in [4.69, 9.17) is 15.5 Å². The largest absolute Gasteiger partial charge is 0.383 e. The number of pyridine rings is 1. The number of nitrogens with zero attached hydrogens (tertiary/aromatic N) is 4. The number of nitrogen functional groups attached to an aromatic ring is 1. The molecule has 174 valence electrons. The third kappa shape index (κ3) is 4.87. The van der Waals surface area contributed by atoms with E-state index >= 15 is 0 Å². The number of methoxy groups -OCH3 is 1. The predicted octanol–water partition coefficient (Wildman–Crippen LogP) is 6.49. The molecular formula is C28H24BrN5O. The standard InChI is InChI=1S/C28H24BrN5O/c1-35-15-14-34(22-8-3-2-4-9-22)23-12-10-19(11-13-23)25-17-24(20-6-5-7-21(29)16-20)26-27(30)31-18-32-28(26)33-25/h2-13,16-18H,14-15H2,1H3,(H2,30,31,32,33). The van der Waals surface area contributed by atoms with Crippen LogP contribution in [-0.4, -0.2) is 35.2 Å². The molecule has 2 aromatic heterocycles. The van der Waals surface area contributed by atoms with Gasteiger partial charge in [-0.2, -0.15) is 0 Å². The molecule has 5 aromatic rings. The van der Waals surface area contributed by atoms with E-state index < -0.39 is 0 Å². The smallest absolute Gasteiger partial charge is 0.165 e. The van der Waals surface area contributed by atoms with Gasteiger partial charge in [-0.25, -0.2) is 15.0 Å². The molecule has 0 aliphatic heterocycles. The molecule has 5 rings (SSSR count). The number of nitrogens with two attached hydrogens (primary N) is 1. The first-order chi connectivity index (χ1) is 17.1. The van der Waals surface area contributed by atoms with Crippen LogP contribution in [-0.2, 0) is 4.74 Å². The Balaban J connectivity index is 1.58. The van der Waals surface area contributed by atoms with Crippen LogP contribution in [0.15, 0.2) is 95.7 Å². The van der Waals surface area contributed by atoms with Gasteiger partial charge in [0.05, 0.1) is 17.7 Å². The van der Waals surface area contributed by atoms with E-state index in [0.29, 0.717) is 18.1 Å². The molecule has 6 nitrogen and oxygen atoms in total. The minimum Gasteiger partial charge on any atom is -0.383 e. The van der Waals surface area contributed by atoms with E-state index in [1.165, 1.54) is 6.33 Å². The van der Waals surface area contributed by atoms with Crippen molar-refractivity contribution in [2.24, 2.45) is 0 Å². The first-order valence-corrected chi connectivity index (χ1v) is 12.0. The van der Waals surface area contributed by atoms with Crippen molar-refractivity contribution in [2.75, 3.05) is 30.9 Å². The van der Waals surface area contributed by atoms with Crippen LogP contribution in [0, 0.1) is 0 Å². The topological polar surface area (TPSA) is 77.2 Å². The molecule has 35 heavy (non-hydrogen) atoms. The van der Waals surface area contributed by atoms with Crippen molar-refractivity contribution in [3.8, 4) is 22.4 Å². The van der Waals surface area contributed by atoms with Crippen LogP contribution < -0.4 is 10.6 Å². The number of ether oxygens (including phenoxy) is 1. The fourth-order valence-electron chi connectivity index (χ4n) is 4.13. The van der Waals surface area contributed by atoms with E-state index in [0.717, 1.165) is 50.2 Å². The van der Waals surface area contributed by atoms with Crippen molar-refractivity contribution in [1.82, 2.24) is 15.0 Å². The molecule has 0 atom stereocenters. The molecule has 0 amide bonds. The summed E-state index contributed by atoms with van der Waals surface area (Å²) in [5.74, 6) is 0.413. The number of para-hydroxylation sites is 1. The van der Waals surface area contributed by atoms with Crippen LogP contribution in [0.3, 0.4) is 0 Å². The van der Waals surface area contributed by atoms with Gasteiger partial charge in [0.2, 0.25) is 0 Å². The average Bonchev–Trinajstić information content (AvgIpc) is 2.89. The van der Waals surface area contributed by atoms with Gasteiger partial charge in [0.1, 0.15) is 12.1 Å². The van der Waals surface area contributed by atoms with Crippen molar-refractivity contribution < 1.29 is 4.74 Å². The lowest BCUT2D eigenvalue weighted by Gasteiger charge is -2.25. The lowest BCUT2D eigenvalue weighted by molar-refractivity contribution is 0.207. The van der Waals surface area contributed by atoms with Crippen LogP contribution in [0.25, 0.3) is 33.4 Å². The van der Waals surface area contributed by atoms with Gasteiger partial charge in [-0.3, -0.25) is 0 Å². The number of hydrogen-bond acceptors (Lipinski definition) is 6. The summed E-state index contributed by atoms with van der Waals surface area (Å²) in [4.78, 5) is 15.7. The first-order valence-electron chi connectivity index (χ1n) is 11.2. The Hall–Kier alpha value is -3.81. The molecule has 7 heteroatoms. The maximum absolute atomic E-state index is 6.25. The number of anilines is 3. The van der Waals surface area contributed by atoms with E-state index in [-0.39, 0.29) is 0 Å². The average molecular weight is 526 g/mol. The van der Waals surface area contributed by atoms with E-state index in [2.05, 4.69) is 79.3 Å². The number of halogens is 1. The summed E-state index contributed by atoms with van der Waals surface area (Å²) < 4.78 is 6.33. The molecule has 0 aliphatic rings. The normalized spacial score (nSPS) is 11.0. The third-order valence-electron chi connectivity index (χ3n) is 5.83. The molecule has 0 spiro atoms. The molecule has 0 unspecified atom stereocenters. The zero-order valence-corrected chi connectivity index (χ0v) is 20.8. The Morgan fingerprint density at radius 3 is 2.37 bits per heavy atom. The Labute approximate surface area is 212 Å². The number of hydrogen-bond donors (Lipinski definition) is 1. The first kappa shape index (κ1) is 23.0. The zero-order chi connectivity index (χ0) is 24.2. The lowest BCUT2D eigenvalue weighted by Crippen LogP contribution is -2.21. The second-order valence-electron chi connectivity index (χ2n) is 8.05. The van der Waals surface area contributed by atoms with Crippen LogP contribution in [0.2, 0.25) is 0 Å². The lowest BCUT2D eigenvalue weighted by atomic mass is 9.99. The highest BCUT2D eigenvalue weighted by atomic mass is 79.9. The summed E-state index contributed by atoms with van der Waals surface area (Å²) in [5.41, 5.74) is 12.8. The molecule has 0 saturated carbocycles. The summed E-state index contributed by atoms with van der Waals surface area (Å²) in [7, 11) is 1.72. The summed E-state index contributed by atoms with van der Waals surface area (Å²) in [6, 6.07) is 28.8. The van der Waals surface area contributed by atoms with Gasteiger partial charge in [-0.1, -0.05) is 58.4 Å².